The van der Waals surface area contributed by atoms with Crippen LogP contribution in [0.1, 0.15) is 23.7 Å². The predicted molar refractivity (Wildman–Crippen MR) is 70.2 cm³/mol. The number of ether oxygens (including phenoxy) is 1. The molecule has 108 valence electrons. The van der Waals surface area contributed by atoms with Crippen molar-refractivity contribution in [3.05, 3.63) is 35.9 Å². The molecule has 2 rings (SSSR count). The summed E-state index contributed by atoms with van der Waals surface area (Å²) in [6.07, 6.45) is -1.79. The highest BCUT2D eigenvalue weighted by Gasteiger charge is 2.41. The Labute approximate surface area is 116 Å². The standard InChI is InChI=1S/C14H17NO5/c1-9-7-11(15(12(9)16)14(18)19)8-20-13(17)10-5-3-2-4-6-10/h2-6,9,11-12,16H,7-8H2,1H3,(H,18,19)/t9?,11-,12?/m0/s1. The maximum Gasteiger partial charge on any atom is 0.409 e. The SMILES string of the molecule is CC1C[C@@H](COC(=O)c2ccccc2)N(C(=O)O)C1O. The fraction of sp³-hybridized carbons (Fsp3) is 0.429. The van der Waals surface area contributed by atoms with Crippen LogP contribution in [-0.4, -0.2) is 46.1 Å². The van der Waals surface area contributed by atoms with Gasteiger partial charge in [0, 0.05) is 5.92 Å². The summed E-state index contributed by atoms with van der Waals surface area (Å²) >= 11 is 0. The van der Waals surface area contributed by atoms with E-state index >= 15 is 0 Å². The van der Waals surface area contributed by atoms with Gasteiger partial charge in [-0.2, -0.15) is 0 Å². The number of benzene rings is 1. The van der Waals surface area contributed by atoms with E-state index in [1.165, 1.54) is 0 Å². The molecule has 6 nitrogen and oxygen atoms in total. The van der Waals surface area contributed by atoms with Crippen LogP contribution >= 0.6 is 0 Å². The van der Waals surface area contributed by atoms with Crippen LogP contribution < -0.4 is 0 Å². The Bertz CT molecular complexity index is 490. The second kappa shape index (κ2) is 5.92. The molecule has 0 saturated carbocycles. The molecule has 3 atom stereocenters. The number of carbonyl (C=O) groups is 2. The maximum absolute atomic E-state index is 11.8. The van der Waals surface area contributed by atoms with Crippen molar-refractivity contribution >= 4 is 12.1 Å². The fourth-order valence-electron chi connectivity index (χ4n) is 2.40. The predicted octanol–water partition coefficient (Wildman–Crippen LogP) is 1.55. The molecule has 2 unspecified atom stereocenters. The first-order chi connectivity index (χ1) is 9.50. The number of nitrogens with zero attached hydrogens (tertiary/aromatic N) is 1. The van der Waals surface area contributed by atoms with Gasteiger partial charge >= 0.3 is 12.1 Å². The second-order valence-corrected chi connectivity index (χ2v) is 4.93. The number of aliphatic hydroxyl groups excluding tert-OH is 1. The molecule has 1 aromatic rings. The summed E-state index contributed by atoms with van der Waals surface area (Å²) in [5, 5.41) is 18.9. The molecule has 0 aliphatic carbocycles. The molecule has 6 heteroatoms. The number of rotatable bonds is 3. The zero-order chi connectivity index (χ0) is 14.7. The van der Waals surface area contributed by atoms with Crippen LogP contribution in [0.25, 0.3) is 0 Å². The number of hydrogen-bond acceptors (Lipinski definition) is 4. The third kappa shape index (κ3) is 2.91. The van der Waals surface area contributed by atoms with Crippen molar-refractivity contribution in [2.75, 3.05) is 6.61 Å². The highest BCUT2D eigenvalue weighted by atomic mass is 16.5. The highest BCUT2D eigenvalue weighted by molar-refractivity contribution is 5.89. The lowest BCUT2D eigenvalue weighted by molar-refractivity contribution is -0.00803. The molecule has 1 aliphatic heterocycles. The van der Waals surface area contributed by atoms with E-state index in [-0.39, 0.29) is 12.5 Å². The molecular weight excluding hydrogens is 262 g/mol. The third-order valence-corrected chi connectivity index (χ3v) is 3.47. The number of esters is 1. The average molecular weight is 279 g/mol. The van der Waals surface area contributed by atoms with Crippen molar-refractivity contribution in [1.82, 2.24) is 4.90 Å². The van der Waals surface area contributed by atoms with Crippen molar-refractivity contribution in [3.63, 3.8) is 0 Å². The third-order valence-electron chi connectivity index (χ3n) is 3.47. The number of aliphatic hydroxyl groups is 1. The largest absolute Gasteiger partial charge is 0.465 e. The van der Waals surface area contributed by atoms with E-state index in [1.54, 1.807) is 37.3 Å². The molecule has 1 amide bonds. The number of carboxylic acid groups (broad SMARTS) is 1. The summed E-state index contributed by atoms with van der Waals surface area (Å²) in [5.74, 6) is -0.670. The first-order valence-electron chi connectivity index (χ1n) is 6.42. The molecule has 2 N–H and O–H groups in total. The van der Waals surface area contributed by atoms with E-state index in [1.807, 2.05) is 0 Å². The van der Waals surface area contributed by atoms with E-state index in [0.717, 1.165) is 4.90 Å². The topological polar surface area (TPSA) is 87.1 Å². The van der Waals surface area contributed by atoms with E-state index in [0.29, 0.717) is 12.0 Å². The number of likely N-dealkylation sites (tertiary alicyclic amines) is 1. The van der Waals surface area contributed by atoms with E-state index in [9.17, 15) is 14.7 Å². The minimum atomic E-state index is -1.21. The zero-order valence-electron chi connectivity index (χ0n) is 11.1. The Morgan fingerprint density at radius 2 is 2.00 bits per heavy atom. The van der Waals surface area contributed by atoms with Crippen molar-refractivity contribution in [1.29, 1.82) is 0 Å². The van der Waals surface area contributed by atoms with Crippen LogP contribution in [0.5, 0.6) is 0 Å². The summed E-state index contributed by atoms with van der Waals surface area (Å²) < 4.78 is 5.13. The molecule has 1 aliphatic rings. The Kier molecular flexibility index (Phi) is 4.24. The maximum atomic E-state index is 11.8. The van der Waals surface area contributed by atoms with Gasteiger partial charge in [0.1, 0.15) is 12.8 Å². The van der Waals surface area contributed by atoms with Gasteiger partial charge in [-0.25, -0.2) is 9.59 Å². The Balaban J connectivity index is 1.97. The summed E-state index contributed by atoms with van der Waals surface area (Å²) in [6, 6.07) is 7.98. The Hall–Kier alpha value is -2.08. The van der Waals surface area contributed by atoms with Crippen molar-refractivity contribution < 1.29 is 24.5 Å². The van der Waals surface area contributed by atoms with E-state index in [4.69, 9.17) is 9.84 Å². The van der Waals surface area contributed by atoms with Crippen molar-refractivity contribution in [2.24, 2.45) is 5.92 Å². The van der Waals surface area contributed by atoms with Gasteiger partial charge in [-0.15, -0.1) is 0 Å². The molecule has 1 aromatic carbocycles. The summed E-state index contributed by atoms with van der Waals surface area (Å²) in [6.45, 7) is 1.71. The number of carbonyl (C=O) groups excluding carboxylic acids is 1. The minimum absolute atomic E-state index is 0.0541. The normalized spacial score (nSPS) is 25.5. The van der Waals surface area contributed by atoms with Crippen LogP contribution in [0.3, 0.4) is 0 Å². The monoisotopic (exact) mass is 279 g/mol. The Morgan fingerprint density at radius 3 is 2.60 bits per heavy atom. The van der Waals surface area contributed by atoms with E-state index < -0.39 is 24.3 Å². The van der Waals surface area contributed by atoms with Gasteiger partial charge in [-0.05, 0) is 18.6 Å². The molecule has 1 saturated heterocycles. The summed E-state index contributed by atoms with van der Waals surface area (Å²) in [7, 11) is 0. The van der Waals surface area contributed by atoms with Gasteiger partial charge in [0.15, 0.2) is 0 Å². The Morgan fingerprint density at radius 1 is 1.35 bits per heavy atom. The van der Waals surface area contributed by atoms with Crippen LogP contribution in [-0.2, 0) is 4.74 Å². The molecule has 0 bridgehead atoms. The van der Waals surface area contributed by atoms with Gasteiger partial charge in [0.25, 0.3) is 0 Å². The quantitative estimate of drug-likeness (QED) is 0.820. The minimum Gasteiger partial charge on any atom is -0.465 e. The average Bonchev–Trinajstić information content (AvgIpc) is 2.72. The molecule has 0 aromatic heterocycles. The lowest BCUT2D eigenvalue weighted by Crippen LogP contribution is -2.43. The smallest absolute Gasteiger partial charge is 0.409 e. The van der Waals surface area contributed by atoms with Gasteiger partial charge in [-0.3, -0.25) is 4.90 Å². The second-order valence-electron chi connectivity index (χ2n) is 4.93. The highest BCUT2D eigenvalue weighted by Crippen LogP contribution is 2.28. The van der Waals surface area contributed by atoms with Crippen molar-refractivity contribution in [2.45, 2.75) is 25.6 Å². The van der Waals surface area contributed by atoms with Crippen LogP contribution in [0.2, 0.25) is 0 Å². The molecular formula is C14H17NO5. The molecule has 0 spiro atoms. The van der Waals surface area contributed by atoms with Crippen molar-refractivity contribution in [3.8, 4) is 0 Å². The van der Waals surface area contributed by atoms with Gasteiger partial charge in [-0.1, -0.05) is 25.1 Å². The van der Waals surface area contributed by atoms with Gasteiger partial charge in [0.05, 0.1) is 11.6 Å². The lowest BCUT2D eigenvalue weighted by atomic mass is 10.1. The summed E-state index contributed by atoms with van der Waals surface area (Å²) in [5.41, 5.74) is 0.418. The van der Waals surface area contributed by atoms with Crippen LogP contribution in [0.15, 0.2) is 30.3 Å². The van der Waals surface area contributed by atoms with Gasteiger partial charge in [0.2, 0.25) is 0 Å². The molecule has 20 heavy (non-hydrogen) atoms. The lowest BCUT2D eigenvalue weighted by Gasteiger charge is -2.24. The fourth-order valence-corrected chi connectivity index (χ4v) is 2.40. The molecule has 1 fully saturated rings. The molecule has 1 heterocycles. The zero-order valence-corrected chi connectivity index (χ0v) is 11.1. The van der Waals surface area contributed by atoms with Crippen LogP contribution in [0.4, 0.5) is 4.79 Å². The first-order valence-corrected chi connectivity index (χ1v) is 6.42. The number of hydrogen-bond donors (Lipinski definition) is 2. The van der Waals surface area contributed by atoms with E-state index in [2.05, 4.69) is 0 Å². The van der Waals surface area contributed by atoms with Gasteiger partial charge < -0.3 is 14.9 Å². The summed E-state index contributed by atoms with van der Waals surface area (Å²) in [4.78, 5) is 23.8. The molecule has 0 radical (unpaired) electrons. The van der Waals surface area contributed by atoms with Crippen LogP contribution in [0, 0.1) is 5.92 Å². The first kappa shape index (κ1) is 14.3. The number of amides is 1.